The van der Waals surface area contributed by atoms with Crippen molar-refractivity contribution in [3.63, 3.8) is 0 Å². The van der Waals surface area contributed by atoms with E-state index >= 15 is 0 Å². The number of amides is 1. The van der Waals surface area contributed by atoms with E-state index in [0.29, 0.717) is 12.0 Å². The van der Waals surface area contributed by atoms with Gasteiger partial charge in [-0.2, -0.15) is 0 Å². The van der Waals surface area contributed by atoms with Crippen LogP contribution in [0, 0.1) is 5.92 Å². The zero-order valence-electron chi connectivity index (χ0n) is 15.5. The molecule has 4 nitrogen and oxygen atoms in total. The molecule has 3 aromatic carbocycles. The summed E-state index contributed by atoms with van der Waals surface area (Å²) >= 11 is 0. The van der Waals surface area contributed by atoms with Crippen LogP contribution in [0.4, 0.5) is 11.4 Å². The van der Waals surface area contributed by atoms with Gasteiger partial charge in [0.1, 0.15) is 6.04 Å². The largest absolute Gasteiger partial charge is 0.327 e. The van der Waals surface area contributed by atoms with E-state index in [2.05, 4.69) is 29.2 Å². The standard InChI is InChI=1S/C24H21N3O/c28-23-22-18-11-13-20(15-18)26(22)24(25-19-8-2-1-3-9-19)27(23)21-12-10-16-6-4-5-7-17(16)14-21/h1-10,12,14,18,20,22H,11,13,15H2/t18?,20?,22-/m1/s1. The van der Waals surface area contributed by atoms with Gasteiger partial charge in [-0.1, -0.05) is 48.5 Å². The third kappa shape index (κ3) is 2.24. The number of hydrogen-bond acceptors (Lipinski definition) is 2. The molecule has 2 bridgehead atoms. The summed E-state index contributed by atoms with van der Waals surface area (Å²) in [4.78, 5) is 22.6. The lowest BCUT2D eigenvalue weighted by molar-refractivity contribution is -0.120. The molecular weight excluding hydrogens is 346 g/mol. The number of fused-ring (bicyclic) bond motifs is 6. The van der Waals surface area contributed by atoms with Gasteiger partial charge in [0.25, 0.3) is 5.91 Å². The summed E-state index contributed by atoms with van der Waals surface area (Å²) < 4.78 is 0. The van der Waals surface area contributed by atoms with Gasteiger partial charge in [0.2, 0.25) is 5.96 Å². The molecule has 0 radical (unpaired) electrons. The van der Waals surface area contributed by atoms with Crippen LogP contribution in [-0.2, 0) is 4.79 Å². The average Bonchev–Trinajstić information content (AvgIpc) is 3.42. The van der Waals surface area contributed by atoms with Crippen LogP contribution in [0.2, 0.25) is 0 Å². The molecule has 3 atom stereocenters. The van der Waals surface area contributed by atoms with Gasteiger partial charge in [-0.15, -0.1) is 0 Å². The van der Waals surface area contributed by atoms with Gasteiger partial charge in [0.05, 0.1) is 11.4 Å². The Labute approximate surface area is 164 Å². The third-order valence-electron chi connectivity index (χ3n) is 6.47. The summed E-state index contributed by atoms with van der Waals surface area (Å²) in [5, 5.41) is 2.32. The number of benzene rings is 3. The molecule has 138 valence electrons. The van der Waals surface area contributed by atoms with Crippen molar-refractivity contribution in [2.24, 2.45) is 10.9 Å². The Bertz CT molecular complexity index is 1110. The van der Waals surface area contributed by atoms with E-state index < -0.39 is 0 Å². The lowest BCUT2D eigenvalue weighted by Gasteiger charge is -2.28. The first-order valence-corrected chi connectivity index (χ1v) is 10.0. The number of nitrogens with zero attached hydrogens (tertiary/aromatic N) is 3. The van der Waals surface area contributed by atoms with Gasteiger partial charge in [-0.25, -0.2) is 9.89 Å². The van der Waals surface area contributed by atoms with Gasteiger partial charge in [-0.05, 0) is 60.2 Å². The number of para-hydroxylation sites is 1. The second kappa shape index (κ2) is 5.93. The topological polar surface area (TPSA) is 35.9 Å². The van der Waals surface area contributed by atoms with Crippen molar-refractivity contribution >= 4 is 34.0 Å². The van der Waals surface area contributed by atoms with Crippen LogP contribution in [0.15, 0.2) is 77.8 Å². The third-order valence-corrected chi connectivity index (χ3v) is 6.47. The van der Waals surface area contributed by atoms with Crippen LogP contribution in [0.3, 0.4) is 0 Å². The van der Waals surface area contributed by atoms with Gasteiger partial charge in [0, 0.05) is 6.04 Å². The number of piperidine rings is 1. The van der Waals surface area contributed by atoms with Gasteiger partial charge in [-0.3, -0.25) is 4.79 Å². The molecule has 0 spiro atoms. The molecule has 3 aliphatic rings. The van der Waals surface area contributed by atoms with E-state index in [9.17, 15) is 4.79 Å². The molecule has 1 aliphatic carbocycles. The highest BCUT2D eigenvalue weighted by atomic mass is 16.2. The highest BCUT2D eigenvalue weighted by Crippen LogP contribution is 2.47. The summed E-state index contributed by atoms with van der Waals surface area (Å²) in [6.45, 7) is 0. The summed E-state index contributed by atoms with van der Waals surface area (Å²) in [6, 6.07) is 24.9. The molecule has 0 aromatic heterocycles. The molecule has 3 aromatic rings. The fraction of sp³-hybridized carbons (Fsp3) is 0.250. The molecule has 2 aliphatic heterocycles. The van der Waals surface area contributed by atoms with Crippen molar-refractivity contribution < 1.29 is 4.79 Å². The molecule has 3 fully saturated rings. The molecule has 1 amide bonds. The lowest BCUT2D eigenvalue weighted by Crippen LogP contribution is -2.41. The van der Waals surface area contributed by atoms with E-state index in [0.717, 1.165) is 42.0 Å². The number of aliphatic imine (C=N–C) groups is 1. The average molecular weight is 367 g/mol. The normalized spacial score (nSPS) is 27.2. The summed E-state index contributed by atoms with van der Waals surface area (Å²) in [5.74, 6) is 1.43. The quantitative estimate of drug-likeness (QED) is 0.657. The number of carbonyl (C=O) groups is 1. The number of guanidine groups is 1. The van der Waals surface area contributed by atoms with Crippen molar-refractivity contribution in [3.05, 3.63) is 72.8 Å². The molecule has 6 rings (SSSR count). The summed E-state index contributed by atoms with van der Waals surface area (Å²) in [6.07, 6.45) is 3.44. The fourth-order valence-corrected chi connectivity index (χ4v) is 5.22. The first kappa shape index (κ1) is 15.9. The number of rotatable bonds is 2. The molecular formula is C24H21N3O. The van der Waals surface area contributed by atoms with Crippen molar-refractivity contribution in [3.8, 4) is 0 Å². The lowest BCUT2D eigenvalue weighted by atomic mass is 9.99. The highest BCUT2D eigenvalue weighted by molar-refractivity contribution is 6.24. The molecule has 4 heteroatoms. The number of carbonyl (C=O) groups excluding carboxylic acids is 1. The second-order valence-electron chi connectivity index (χ2n) is 8.03. The van der Waals surface area contributed by atoms with E-state index in [1.807, 2.05) is 53.4 Å². The number of anilines is 1. The molecule has 2 unspecified atom stereocenters. The maximum atomic E-state index is 13.5. The minimum Gasteiger partial charge on any atom is -0.327 e. The van der Waals surface area contributed by atoms with Crippen LogP contribution >= 0.6 is 0 Å². The Morgan fingerprint density at radius 2 is 1.64 bits per heavy atom. The van der Waals surface area contributed by atoms with Gasteiger partial charge in [0.15, 0.2) is 0 Å². The first-order valence-electron chi connectivity index (χ1n) is 10.0. The highest BCUT2D eigenvalue weighted by Gasteiger charge is 2.58. The second-order valence-corrected chi connectivity index (χ2v) is 8.03. The van der Waals surface area contributed by atoms with Crippen molar-refractivity contribution in [2.75, 3.05) is 4.90 Å². The zero-order valence-corrected chi connectivity index (χ0v) is 15.5. The smallest absolute Gasteiger partial charge is 0.256 e. The minimum absolute atomic E-state index is 0.0484. The van der Waals surface area contributed by atoms with Crippen LogP contribution in [0.1, 0.15) is 19.3 Å². The maximum Gasteiger partial charge on any atom is 0.256 e. The monoisotopic (exact) mass is 367 g/mol. The van der Waals surface area contributed by atoms with E-state index in [1.165, 1.54) is 5.39 Å². The Morgan fingerprint density at radius 1 is 0.857 bits per heavy atom. The van der Waals surface area contributed by atoms with Crippen molar-refractivity contribution in [1.29, 1.82) is 0 Å². The Kier molecular flexibility index (Phi) is 3.36. The molecule has 0 N–H and O–H groups in total. The van der Waals surface area contributed by atoms with E-state index in [-0.39, 0.29) is 11.9 Å². The predicted octanol–water partition coefficient (Wildman–Crippen LogP) is 4.73. The summed E-state index contributed by atoms with van der Waals surface area (Å²) in [5.41, 5.74) is 1.80. The van der Waals surface area contributed by atoms with Crippen LogP contribution in [-0.4, -0.2) is 28.9 Å². The van der Waals surface area contributed by atoms with E-state index in [4.69, 9.17) is 4.99 Å². The minimum atomic E-state index is -0.0484. The fourth-order valence-electron chi connectivity index (χ4n) is 5.22. The molecule has 2 saturated heterocycles. The van der Waals surface area contributed by atoms with E-state index in [1.54, 1.807) is 0 Å². The molecule has 1 saturated carbocycles. The number of hydrogen-bond donors (Lipinski definition) is 0. The predicted molar refractivity (Wildman–Crippen MR) is 112 cm³/mol. The Balaban J connectivity index is 1.51. The maximum absolute atomic E-state index is 13.5. The van der Waals surface area contributed by atoms with Crippen LogP contribution < -0.4 is 4.90 Å². The molecule has 2 heterocycles. The van der Waals surface area contributed by atoms with Crippen molar-refractivity contribution in [1.82, 2.24) is 4.90 Å². The van der Waals surface area contributed by atoms with Crippen LogP contribution in [0.5, 0.6) is 0 Å². The van der Waals surface area contributed by atoms with Gasteiger partial charge < -0.3 is 4.90 Å². The SMILES string of the molecule is O=C1[C@H]2C3CCC(C3)N2C(=Nc2ccccc2)N1c1ccc2ccccc2c1. The Hall–Kier alpha value is -3.14. The van der Waals surface area contributed by atoms with Crippen molar-refractivity contribution in [2.45, 2.75) is 31.3 Å². The molecule has 28 heavy (non-hydrogen) atoms. The van der Waals surface area contributed by atoms with Gasteiger partial charge >= 0.3 is 0 Å². The van der Waals surface area contributed by atoms with Crippen LogP contribution in [0.25, 0.3) is 10.8 Å². The Morgan fingerprint density at radius 3 is 2.50 bits per heavy atom. The summed E-state index contributed by atoms with van der Waals surface area (Å²) in [7, 11) is 0. The first-order chi connectivity index (χ1) is 13.8. The zero-order chi connectivity index (χ0) is 18.7.